The molecule has 3 N–H and O–H groups in total. The first-order chi connectivity index (χ1) is 8.47. The number of hydrogen-bond acceptors (Lipinski definition) is 3. The molecule has 0 rings (SSSR count). The largest absolute Gasteiger partial charge is 0.480 e. The van der Waals surface area contributed by atoms with Gasteiger partial charge in [-0.25, -0.2) is 9.59 Å². The lowest BCUT2D eigenvalue weighted by Gasteiger charge is -2.16. The van der Waals surface area contributed by atoms with Crippen LogP contribution in [0.1, 0.15) is 20.3 Å². The fourth-order valence-electron chi connectivity index (χ4n) is 1.31. The second kappa shape index (κ2) is 9.82. The van der Waals surface area contributed by atoms with Crippen molar-refractivity contribution < 1.29 is 14.7 Å². The maximum atomic E-state index is 11.5. The third-order valence-electron chi connectivity index (χ3n) is 2.08. The summed E-state index contributed by atoms with van der Waals surface area (Å²) in [6.07, 6.45) is 2.22. The van der Waals surface area contributed by atoms with Crippen LogP contribution in [0.3, 0.4) is 0 Å². The summed E-state index contributed by atoms with van der Waals surface area (Å²) in [5.74, 6) is 0.838. The Kier molecular flexibility index (Phi) is 9.18. The van der Waals surface area contributed by atoms with Gasteiger partial charge >= 0.3 is 12.0 Å². The number of nitrogens with one attached hydrogen (secondary N) is 2. The molecule has 0 radical (unpaired) electrons. The summed E-state index contributed by atoms with van der Waals surface area (Å²) >= 11 is 1.65. The van der Waals surface area contributed by atoms with Crippen molar-refractivity contribution >= 4 is 23.8 Å². The maximum absolute atomic E-state index is 11.5. The van der Waals surface area contributed by atoms with E-state index in [-0.39, 0.29) is 5.92 Å². The molecule has 0 aliphatic rings. The first-order valence-corrected chi connectivity index (χ1v) is 7.08. The van der Waals surface area contributed by atoms with Crippen molar-refractivity contribution in [3.63, 3.8) is 0 Å². The number of rotatable bonds is 9. The third kappa shape index (κ3) is 8.92. The summed E-state index contributed by atoms with van der Waals surface area (Å²) in [5, 5.41) is 14.0. The molecule has 0 saturated carbocycles. The van der Waals surface area contributed by atoms with E-state index in [1.54, 1.807) is 17.8 Å². The number of thioether (sulfide) groups is 1. The molecule has 0 aliphatic carbocycles. The van der Waals surface area contributed by atoms with Gasteiger partial charge in [0.25, 0.3) is 0 Å². The van der Waals surface area contributed by atoms with Crippen LogP contribution in [-0.2, 0) is 4.79 Å². The van der Waals surface area contributed by atoms with Crippen molar-refractivity contribution in [2.75, 3.05) is 18.1 Å². The highest BCUT2D eigenvalue weighted by atomic mass is 32.2. The van der Waals surface area contributed by atoms with Crippen LogP contribution in [0.4, 0.5) is 4.79 Å². The van der Waals surface area contributed by atoms with Gasteiger partial charge in [0.05, 0.1) is 0 Å². The highest BCUT2D eigenvalue weighted by Crippen LogP contribution is 2.04. The SMILES string of the molecule is C=CCSCCNC(=O)NC(CC(C)C)C(=O)O. The van der Waals surface area contributed by atoms with Crippen molar-refractivity contribution in [2.24, 2.45) is 5.92 Å². The predicted octanol–water partition coefficient (Wildman–Crippen LogP) is 1.70. The van der Waals surface area contributed by atoms with Crippen molar-refractivity contribution in [3.8, 4) is 0 Å². The van der Waals surface area contributed by atoms with E-state index in [4.69, 9.17) is 5.11 Å². The number of hydrogen-bond donors (Lipinski definition) is 3. The minimum Gasteiger partial charge on any atom is -0.480 e. The molecular formula is C12H22N2O3S. The van der Waals surface area contributed by atoms with E-state index in [0.717, 1.165) is 11.5 Å². The summed E-state index contributed by atoms with van der Waals surface area (Å²) in [6, 6.07) is -1.26. The Morgan fingerprint density at radius 2 is 2.11 bits per heavy atom. The third-order valence-corrected chi connectivity index (χ3v) is 3.04. The summed E-state index contributed by atoms with van der Waals surface area (Å²) < 4.78 is 0. The van der Waals surface area contributed by atoms with Crippen LogP contribution < -0.4 is 10.6 Å². The lowest BCUT2D eigenvalue weighted by molar-refractivity contribution is -0.139. The number of aliphatic carboxylic acids is 1. The number of amides is 2. The van der Waals surface area contributed by atoms with Gasteiger partial charge in [0, 0.05) is 18.1 Å². The molecule has 5 nitrogen and oxygen atoms in total. The van der Waals surface area contributed by atoms with E-state index in [2.05, 4.69) is 17.2 Å². The Hall–Kier alpha value is -1.17. The highest BCUT2D eigenvalue weighted by Gasteiger charge is 2.20. The zero-order valence-electron chi connectivity index (χ0n) is 10.9. The molecule has 0 bridgehead atoms. The molecule has 0 spiro atoms. The van der Waals surface area contributed by atoms with Crippen molar-refractivity contribution in [2.45, 2.75) is 26.3 Å². The Morgan fingerprint density at radius 3 is 2.61 bits per heavy atom. The van der Waals surface area contributed by atoms with Crippen LogP contribution in [-0.4, -0.2) is 41.2 Å². The van der Waals surface area contributed by atoms with Crippen LogP contribution in [0.25, 0.3) is 0 Å². The van der Waals surface area contributed by atoms with Gasteiger partial charge in [-0.3, -0.25) is 0 Å². The molecule has 6 heteroatoms. The van der Waals surface area contributed by atoms with Crippen molar-refractivity contribution in [1.82, 2.24) is 10.6 Å². The Morgan fingerprint density at radius 1 is 1.44 bits per heavy atom. The second-order valence-electron chi connectivity index (χ2n) is 4.28. The Bertz CT molecular complexity index is 282. The average molecular weight is 274 g/mol. The first kappa shape index (κ1) is 16.8. The van der Waals surface area contributed by atoms with Crippen LogP contribution in [0.15, 0.2) is 12.7 Å². The molecule has 1 atom stereocenters. The summed E-state index contributed by atoms with van der Waals surface area (Å²) in [6.45, 7) is 7.94. The van der Waals surface area contributed by atoms with Gasteiger partial charge in [-0.1, -0.05) is 19.9 Å². The van der Waals surface area contributed by atoms with E-state index in [9.17, 15) is 9.59 Å². The van der Waals surface area contributed by atoms with E-state index in [1.807, 2.05) is 13.8 Å². The zero-order valence-corrected chi connectivity index (χ0v) is 11.8. The van der Waals surface area contributed by atoms with E-state index < -0.39 is 18.0 Å². The lowest BCUT2D eigenvalue weighted by atomic mass is 10.0. The van der Waals surface area contributed by atoms with Crippen molar-refractivity contribution in [1.29, 1.82) is 0 Å². The highest BCUT2D eigenvalue weighted by molar-refractivity contribution is 7.99. The van der Waals surface area contributed by atoms with Gasteiger partial charge in [0.1, 0.15) is 6.04 Å². The molecular weight excluding hydrogens is 252 g/mol. The van der Waals surface area contributed by atoms with Gasteiger partial charge in [0.15, 0.2) is 0 Å². The molecule has 0 aliphatic heterocycles. The molecule has 0 saturated heterocycles. The second-order valence-corrected chi connectivity index (χ2v) is 5.43. The smallest absolute Gasteiger partial charge is 0.326 e. The minimum absolute atomic E-state index is 0.217. The molecule has 0 aromatic carbocycles. The predicted molar refractivity (Wildman–Crippen MR) is 74.9 cm³/mol. The van der Waals surface area contributed by atoms with Crippen LogP contribution in [0.5, 0.6) is 0 Å². The number of carboxylic acids is 1. The first-order valence-electron chi connectivity index (χ1n) is 5.93. The van der Waals surface area contributed by atoms with E-state index in [0.29, 0.717) is 13.0 Å². The summed E-state index contributed by atoms with van der Waals surface area (Å²) in [4.78, 5) is 22.4. The summed E-state index contributed by atoms with van der Waals surface area (Å²) in [7, 11) is 0. The van der Waals surface area contributed by atoms with Gasteiger partial charge in [0.2, 0.25) is 0 Å². The Labute approximate surface area is 112 Å². The maximum Gasteiger partial charge on any atom is 0.326 e. The number of urea groups is 1. The average Bonchev–Trinajstić information content (AvgIpc) is 2.27. The minimum atomic E-state index is -1.00. The Balaban J connectivity index is 3.88. The molecule has 0 fully saturated rings. The fraction of sp³-hybridized carbons (Fsp3) is 0.667. The normalized spacial score (nSPS) is 11.9. The standard InChI is InChI=1S/C12H22N2O3S/c1-4-6-18-7-5-13-12(17)14-10(11(15)16)8-9(2)3/h4,9-10H,1,5-8H2,2-3H3,(H,15,16)(H2,13,14,17). The summed E-state index contributed by atoms with van der Waals surface area (Å²) in [5.41, 5.74) is 0. The number of carbonyl (C=O) groups is 2. The monoisotopic (exact) mass is 274 g/mol. The lowest BCUT2D eigenvalue weighted by Crippen LogP contribution is -2.47. The van der Waals surface area contributed by atoms with Gasteiger partial charge in [-0.2, -0.15) is 11.8 Å². The van der Waals surface area contributed by atoms with Gasteiger partial charge < -0.3 is 15.7 Å². The molecule has 0 heterocycles. The number of carboxylic acid groups (broad SMARTS) is 1. The van der Waals surface area contributed by atoms with Crippen molar-refractivity contribution in [3.05, 3.63) is 12.7 Å². The van der Waals surface area contributed by atoms with Crippen LogP contribution in [0.2, 0.25) is 0 Å². The molecule has 0 aromatic rings. The molecule has 18 heavy (non-hydrogen) atoms. The topological polar surface area (TPSA) is 78.4 Å². The van der Waals surface area contributed by atoms with Gasteiger partial charge in [-0.15, -0.1) is 6.58 Å². The number of carbonyl (C=O) groups excluding carboxylic acids is 1. The molecule has 104 valence electrons. The molecule has 1 unspecified atom stereocenters. The zero-order chi connectivity index (χ0) is 14.0. The van der Waals surface area contributed by atoms with Gasteiger partial charge in [-0.05, 0) is 12.3 Å². The fourth-order valence-corrected chi connectivity index (χ4v) is 1.89. The van der Waals surface area contributed by atoms with E-state index >= 15 is 0 Å². The quantitative estimate of drug-likeness (QED) is 0.442. The van der Waals surface area contributed by atoms with Crippen LogP contribution in [0, 0.1) is 5.92 Å². The molecule has 2 amide bonds. The molecule has 0 aromatic heterocycles. The van der Waals surface area contributed by atoms with Crippen LogP contribution >= 0.6 is 11.8 Å². The van der Waals surface area contributed by atoms with E-state index in [1.165, 1.54) is 0 Å².